The van der Waals surface area contributed by atoms with Crippen LogP contribution in [0.15, 0.2) is 53.7 Å². The highest BCUT2D eigenvalue weighted by Crippen LogP contribution is 2.21. The van der Waals surface area contributed by atoms with Crippen LogP contribution >= 0.6 is 0 Å². The first-order valence-corrected chi connectivity index (χ1v) is 7.27. The number of H-pyrrole nitrogens is 1. The third-order valence-electron chi connectivity index (χ3n) is 3.63. The van der Waals surface area contributed by atoms with Gasteiger partial charge >= 0.3 is 0 Å². The Morgan fingerprint density at radius 2 is 2.08 bits per heavy atom. The van der Waals surface area contributed by atoms with E-state index in [2.05, 4.69) is 15.5 Å². The maximum atomic E-state index is 12.9. The minimum atomic E-state index is -0.483. The predicted molar refractivity (Wildman–Crippen MR) is 89.9 cm³/mol. The van der Waals surface area contributed by atoms with Gasteiger partial charge in [-0.2, -0.15) is 5.10 Å². The number of carbonyl (C=O) groups is 1. The minimum Gasteiger partial charge on any atom is -0.495 e. The lowest BCUT2D eigenvalue weighted by atomic mass is 10.1. The summed E-state index contributed by atoms with van der Waals surface area (Å²) in [5.41, 5.74) is 1.31. The van der Waals surface area contributed by atoms with E-state index in [1.807, 2.05) is 6.07 Å². The van der Waals surface area contributed by atoms with Gasteiger partial charge < -0.3 is 10.1 Å². The Labute approximate surface area is 137 Å². The zero-order chi connectivity index (χ0) is 17.1. The van der Waals surface area contributed by atoms with Gasteiger partial charge in [-0.25, -0.2) is 0 Å². The Morgan fingerprint density at radius 3 is 2.79 bits per heavy atom. The number of aryl methyl sites for hydroxylation is 1. The predicted octanol–water partition coefficient (Wildman–Crippen LogP) is 2.13. The Hall–Kier alpha value is -3.35. The van der Waals surface area contributed by atoms with Crippen molar-refractivity contribution in [2.75, 3.05) is 12.4 Å². The summed E-state index contributed by atoms with van der Waals surface area (Å²) < 4.78 is 6.70. The van der Waals surface area contributed by atoms with E-state index in [9.17, 15) is 9.59 Å². The molecule has 3 rings (SSSR count). The van der Waals surface area contributed by atoms with Crippen LogP contribution in [0.5, 0.6) is 5.75 Å². The number of ether oxygens (including phenoxy) is 1. The van der Waals surface area contributed by atoms with E-state index in [4.69, 9.17) is 4.74 Å². The van der Waals surface area contributed by atoms with Crippen LogP contribution in [0.2, 0.25) is 0 Å². The van der Waals surface area contributed by atoms with Crippen LogP contribution in [-0.2, 0) is 0 Å². The average Bonchev–Trinajstić information content (AvgIpc) is 3.08. The van der Waals surface area contributed by atoms with E-state index in [1.54, 1.807) is 37.4 Å². The molecule has 1 aromatic carbocycles. The highest BCUT2D eigenvalue weighted by Gasteiger charge is 2.18. The maximum absolute atomic E-state index is 12.9. The van der Waals surface area contributed by atoms with Crippen molar-refractivity contribution < 1.29 is 9.53 Å². The van der Waals surface area contributed by atoms with Crippen molar-refractivity contribution in [3.05, 3.63) is 70.4 Å². The first kappa shape index (κ1) is 15.5. The second-order valence-corrected chi connectivity index (χ2v) is 5.16. The van der Waals surface area contributed by atoms with Crippen molar-refractivity contribution in [3.8, 4) is 11.4 Å². The second kappa shape index (κ2) is 6.41. The highest BCUT2D eigenvalue weighted by molar-refractivity contribution is 6.04. The molecule has 0 aliphatic rings. The van der Waals surface area contributed by atoms with Crippen LogP contribution in [0, 0.1) is 6.92 Å². The smallest absolute Gasteiger partial charge is 0.268 e. The first-order chi connectivity index (χ1) is 11.6. The number of benzene rings is 1. The molecule has 7 heteroatoms. The van der Waals surface area contributed by atoms with Crippen LogP contribution in [0.1, 0.15) is 15.9 Å². The third kappa shape index (κ3) is 2.79. The van der Waals surface area contributed by atoms with Crippen molar-refractivity contribution in [1.82, 2.24) is 14.8 Å². The van der Waals surface area contributed by atoms with E-state index in [0.29, 0.717) is 22.7 Å². The molecule has 0 spiro atoms. The normalized spacial score (nSPS) is 10.4. The van der Waals surface area contributed by atoms with E-state index in [1.165, 1.54) is 24.1 Å². The van der Waals surface area contributed by atoms with Gasteiger partial charge in [0.05, 0.1) is 24.7 Å². The molecule has 2 N–H and O–H groups in total. The number of anilines is 1. The molecule has 0 fully saturated rings. The first-order valence-electron chi connectivity index (χ1n) is 7.27. The monoisotopic (exact) mass is 324 g/mol. The number of aromatic nitrogens is 3. The lowest BCUT2D eigenvalue weighted by Crippen LogP contribution is -2.29. The average molecular weight is 324 g/mol. The molecule has 0 saturated heterocycles. The van der Waals surface area contributed by atoms with Crippen molar-refractivity contribution >= 4 is 11.6 Å². The highest BCUT2D eigenvalue weighted by atomic mass is 16.5. The number of nitrogens with zero attached hydrogens (tertiary/aromatic N) is 2. The molecule has 1 amide bonds. The minimum absolute atomic E-state index is 0.0737. The van der Waals surface area contributed by atoms with Gasteiger partial charge in [0.25, 0.3) is 11.5 Å². The van der Waals surface area contributed by atoms with Crippen LogP contribution in [-0.4, -0.2) is 27.8 Å². The third-order valence-corrected chi connectivity index (χ3v) is 3.63. The fraction of sp³-hybridized carbons (Fsp3) is 0.118. The summed E-state index contributed by atoms with van der Waals surface area (Å²) in [5.74, 6) is 0.0628. The summed E-state index contributed by atoms with van der Waals surface area (Å²) in [6.45, 7) is 1.72. The van der Waals surface area contributed by atoms with Crippen LogP contribution in [0.4, 0.5) is 5.69 Å². The number of pyridine rings is 1. The van der Waals surface area contributed by atoms with Gasteiger partial charge in [0.1, 0.15) is 11.3 Å². The van der Waals surface area contributed by atoms with Crippen LogP contribution in [0.25, 0.3) is 5.69 Å². The Kier molecular flexibility index (Phi) is 4.15. The Balaban J connectivity index is 2.08. The molecule has 7 nitrogen and oxygen atoms in total. The lowest BCUT2D eigenvalue weighted by Gasteiger charge is -2.13. The molecule has 122 valence electrons. The number of methoxy groups -OCH3 is 1. The zero-order valence-electron chi connectivity index (χ0n) is 13.2. The largest absolute Gasteiger partial charge is 0.495 e. The molecule has 0 bridgehead atoms. The molecular weight excluding hydrogens is 308 g/mol. The molecule has 0 aliphatic heterocycles. The molecule has 0 aliphatic carbocycles. The lowest BCUT2D eigenvalue weighted by molar-refractivity contribution is 0.102. The summed E-state index contributed by atoms with van der Waals surface area (Å²) in [6, 6.07) is 8.85. The van der Waals surface area contributed by atoms with Crippen molar-refractivity contribution in [1.29, 1.82) is 0 Å². The number of aromatic amines is 1. The van der Waals surface area contributed by atoms with Gasteiger partial charge in [0.15, 0.2) is 0 Å². The Bertz CT molecular complexity index is 929. The molecular formula is C17H16N4O3. The molecule has 2 heterocycles. The molecule has 3 aromatic rings. The molecule has 0 atom stereocenters. The molecule has 2 aromatic heterocycles. The maximum Gasteiger partial charge on any atom is 0.268 e. The van der Waals surface area contributed by atoms with Crippen molar-refractivity contribution in [2.45, 2.75) is 6.92 Å². The van der Waals surface area contributed by atoms with Crippen LogP contribution < -0.4 is 15.6 Å². The second-order valence-electron chi connectivity index (χ2n) is 5.16. The fourth-order valence-electron chi connectivity index (χ4n) is 2.43. The van der Waals surface area contributed by atoms with E-state index in [0.717, 1.165) is 0 Å². The number of rotatable bonds is 4. The molecule has 0 unspecified atom stereocenters. The summed E-state index contributed by atoms with van der Waals surface area (Å²) in [6.07, 6.45) is 4.63. The van der Waals surface area contributed by atoms with Gasteiger partial charge in [-0.15, -0.1) is 0 Å². The summed E-state index contributed by atoms with van der Waals surface area (Å²) in [7, 11) is 1.53. The zero-order valence-corrected chi connectivity index (χ0v) is 13.2. The van der Waals surface area contributed by atoms with Gasteiger partial charge in [-0.05, 0) is 30.7 Å². The standard InChI is InChI=1S/C17H16N4O3/c1-11-7-8-21(13-5-3-4-6-14(13)24-2)17(23)15(11)16(22)20-12-9-18-19-10-12/h3-10H,1-2H3,(H,18,19)(H,20,22). The number of carbonyl (C=O) groups excluding carboxylic acids is 1. The molecule has 0 radical (unpaired) electrons. The fourth-order valence-corrected chi connectivity index (χ4v) is 2.43. The van der Waals surface area contributed by atoms with Crippen molar-refractivity contribution in [2.24, 2.45) is 0 Å². The number of amides is 1. The van der Waals surface area contributed by atoms with E-state index in [-0.39, 0.29) is 5.56 Å². The number of hydrogen-bond donors (Lipinski definition) is 2. The quantitative estimate of drug-likeness (QED) is 0.769. The Morgan fingerprint density at radius 1 is 1.29 bits per heavy atom. The number of para-hydroxylation sites is 2. The number of nitrogens with one attached hydrogen (secondary N) is 2. The van der Waals surface area contributed by atoms with Crippen molar-refractivity contribution in [3.63, 3.8) is 0 Å². The van der Waals surface area contributed by atoms with Gasteiger partial charge in [-0.1, -0.05) is 12.1 Å². The van der Waals surface area contributed by atoms with Gasteiger partial charge in [0.2, 0.25) is 0 Å². The number of hydrogen-bond acceptors (Lipinski definition) is 4. The summed E-state index contributed by atoms with van der Waals surface area (Å²) in [4.78, 5) is 25.3. The summed E-state index contributed by atoms with van der Waals surface area (Å²) >= 11 is 0. The van der Waals surface area contributed by atoms with E-state index >= 15 is 0 Å². The van der Waals surface area contributed by atoms with E-state index < -0.39 is 11.5 Å². The molecule has 24 heavy (non-hydrogen) atoms. The topological polar surface area (TPSA) is 89.0 Å². The summed E-state index contributed by atoms with van der Waals surface area (Å²) in [5, 5.41) is 9.02. The van der Waals surface area contributed by atoms with Gasteiger partial charge in [0, 0.05) is 12.4 Å². The van der Waals surface area contributed by atoms with Crippen LogP contribution in [0.3, 0.4) is 0 Å². The SMILES string of the molecule is COc1ccccc1-n1ccc(C)c(C(=O)Nc2cn[nH]c2)c1=O. The van der Waals surface area contributed by atoms with Gasteiger partial charge in [-0.3, -0.25) is 19.3 Å². The molecule has 0 saturated carbocycles.